The summed E-state index contributed by atoms with van der Waals surface area (Å²) in [5, 5.41) is 0. The Kier molecular flexibility index (Phi) is 1.51. The van der Waals surface area contributed by atoms with Gasteiger partial charge in [-0.1, -0.05) is 0 Å². The zero-order valence-corrected chi connectivity index (χ0v) is 5.52. The lowest BCUT2D eigenvalue weighted by Crippen LogP contribution is -2.24. The molecule has 1 heterocycles. The zero-order chi connectivity index (χ0) is 5.98. The van der Waals surface area contributed by atoms with Crippen LogP contribution in [0.2, 0.25) is 0 Å². The summed E-state index contributed by atoms with van der Waals surface area (Å²) in [7, 11) is 0. The standard InChI is InChI=1S/C6H12N2/c1-3-8-5-4-7-6(8)2/h3-5H2,1-2H3. The van der Waals surface area contributed by atoms with E-state index in [2.05, 4.69) is 23.7 Å². The van der Waals surface area contributed by atoms with Crippen LogP contribution in [0.1, 0.15) is 13.8 Å². The van der Waals surface area contributed by atoms with Gasteiger partial charge in [0.05, 0.1) is 12.4 Å². The van der Waals surface area contributed by atoms with Gasteiger partial charge in [0, 0.05) is 13.1 Å². The first-order valence-electron chi connectivity index (χ1n) is 3.10. The monoisotopic (exact) mass is 112 g/mol. The van der Waals surface area contributed by atoms with E-state index >= 15 is 0 Å². The van der Waals surface area contributed by atoms with Gasteiger partial charge < -0.3 is 4.90 Å². The summed E-state index contributed by atoms with van der Waals surface area (Å²) in [6, 6.07) is 0. The minimum atomic E-state index is 1.000. The van der Waals surface area contributed by atoms with Crippen LogP contribution in [0, 0.1) is 0 Å². The third kappa shape index (κ3) is 0.831. The van der Waals surface area contributed by atoms with Gasteiger partial charge in [0.25, 0.3) is 0 Å². The molecule has 0 saturated carbocycles. The summed E-state index contributed by atoms with van der Waals surface area (Å²) in [5.74, 6) is 1.20. The minimum Gasteiger partial charge on any atom is -0.359 e. The summed E-state index contributed by atoms with van der Waals surface area (Å²) in [5.41, 5.74) is 0. The first-order valence-corrected chi connectivity index (χ1v) is 3.10. The lowest BCUT2D eigenvalue weighted by molar-refractivity contribution is 0.481. The molecule has 0 radical (unpaired) electrons. The van der Waals surface area contributed by atoms with E-state index in [1.807, 2.05) is 0 Å². The fraction of sp³-hybridized carbons (Fsp3) is 0.833. The van der Waals surface area contributed by atoms with Gasteiger partial charge in [-0.15, -0.1) is 0 Å². The van der Waals surface area contributed by atoms with Gasteiger partial charge in [-0.3, -0.25) is 4.99 Å². The van der Waals surface area contributed by atoms with Crippen LogP contribution in [-0.2, 0) is 0 Å². The highest BCUT2D eigenvalue weighted by molar-refractivity contribution is 5.81. The number of hydrogen-bond donors (Lipinski definition) is 0. The molecule has 2 heteroatoms. The normalized spacial score (nSPS) is 19.2. The van der Waals surface area contributed by atoms with Crippen molar-refractivity contribution in [1.82, 2.24) is 4.90 Å². The molecule has 2 nitrogen and oxygen atoms in total. The van der Waals surface area contributed by atoms with E-state index in [0.717, 1.165) is 19.6 Å². The predicted molar refractivity (Wildman–Crippen MR) is 35.2 cm³/mol. The van der Waals surface area contributed by atoms with Crippen molar-refractivity contribution in [3.05, 3.63) is 0 Å². The maximum atomic E-state index is 4.23. The third-order valence-electron chi connectivity index (χ3n) is 1.55. The van der Waals surface area contributed by atoms with Gasteiger partial charge in [0.1, 0.15) is 0 Å². The Hall–Kier alpha value is -0.530. The van der Waals surface area contributed by atoms with Crippen LogP contribution in [0.3, 0.4) is 0 Å². The fourth-order valence-corrected chi connectivity index (χ4v) is 0.981. The number of hydrogen-bond acceptors (Lipinski definition) is 2. The Bertz CT molecular complexity index is 107. The van der Waals surface area contributed by atoms with Crippen molar-refractivity contribution in [3.8, 4) is 0 Å². The van der Waals surface area contributed by atoms with Crippen molar-refractivity contribution < 1.29 is 0 Å². The van der Waals surface area contributed by atoms with E-state index in [1.54, 1.807) is 0 Å². The molecule has 0 aromatic rings. The Labute approximate surface area is 50.2 Å². The van der Waals surface area contributed by atoms with Crippen LogP contribution in [0.25, 0.3) is 0 Å². The Morgan fingerprint density at radius 3 is 2.75 bits per heavy atom. The average molecular weight is 112 g/mol. The van der Waals surface area contributed by atoms with Crippen molar-refractivity contribution in [1.29, 1.82) is 0 Å². The molecule has 0 aromatic carbocycles. The second kappa shape index (κ2) is 2.16. The van der Waals surface area contributed by atoms with E-state index in [-0.39, 0.29) is 0 Å². The van der Waals surface area contributed by atoms with Gasteiger partial charge in [0.2, 0.25) is 0 Å². The van der Waals surface area contributed by atoms with E-state index in [4.69, 9.17) is 0 Å². The molecule has 1 aliphatic heterocycles. The van der Waals surface area contributed by atoms with E-state index in [0.29, 0.717) is 0 Å². The molecule has 0 bridgehead atoms. The lowest BCUT2D eigenvalue weighted by Gasteiger charge is -2.13. The maximum Gasteiger partial charge on any atom is 0.0958 e. The Morgan fingerprint density at radius 2 is 2.50 bits per heavy atom. The molecular formula is C6H12N2. The molecule has 8 heavy (non-hydrogen) atoms. The van der Waals surface area contributed by atoms with Crippen LogP contribution in [0.5, 0.6) is 0 Å². The van der Waals surface area contributed by atoms with Gasteiger partial charge >= 0.3 is 0 Å². The van der Waals surface area contributed by atoms with E-state index in [1.165, 1.54) is 5.84 Å². The topological polar surface area (TPSA) is 15.6 Å². The van der Waals surface area contributed by atoms with E-state index < -0.39 is 0 Å². The number of rotatable bonds is 1. The molecule has 0 amide bonds. The van der Waals surface area contributed by atoms with Crippen LogP contribution < -0.4 is 0 Å². The molecule has 0 atom stereocenters. The number of aliphatic imine (C=N–C) groups is 1. The maximum absolute atomic E-state index is 4.23. The van der Waals surface area contributed by atoms with Crippen molar-refractivity contribution in [2.75, 3.05) is 19.6 Å². The van der Waals surface area contributed by atoms with Gasteiger partial charge in [-0.25, -0.2) is 0 Å². The minimum absolute atomic E-state index is 1.000. The molecule has 0 spiro atoms. The molecule has 0 aromatic heterocycles. The number of nitrogens with zero attached hydrogens (tertiary/aromatic N) is 2. The van der Waals surface area contributed by atoms with Crippen LogP contribution >= 0.6 is 0 Å². The van der Waals surface area contributed by atoms with Crippen molar-refractivity contribution >= 4 is 5.84 Å². The first-order chi connectivity index (χ1) is 3.84. The van der Waals surface area contributed by atoms with Gasteiger partial charge in [0.15, 0.2) is 0 Å². The van der Waals surface area contributed by atoms with Crippen LogP contribution in [0.15, 0.2) is 4.99 Å². The summed E-state index contributed by atoms with van der Waals surface area (Å²) >= 11 is 0. The van der Waals surface area contributed by atoms with Crippen molar-refractivity contribution in [2.24, 2.45) is 4.99 Å². The highest BCUT2D eigenvalue weighted by Gasteiger charge is 2.07. The number of amidine groups is 1. The molecule has 0 fully saturated rings. The molecule has 1 rings (SSSR count). The van der Waals surface area contributed by atoms with E-state index in [9.17, 15) is 0 Å². The molecule has 1 aliphatic rings. The molecule has 0 N–H and O–H groups in total. The Balaban J connectivity index is 2.46. The van der Waals surface area contributed by atoms with Crippen molar-refractivity contribution in [2.45, 2.75) is 13.8 Å². The largest absolute Gasteiger partial charge is 0.359 e. The summed E-state index contributed by atoms with van der Waals surface area (Å²) < 4.78 is 0. The van der Waals surface area contributed by atoms with Crippen LogP contribution in [0.4, 0.5) is 0 Å². The second-order valence-corrected chi connectivity index (χ2v) is 2.01. The highest BCUT2D eigenvalue weighted by atomic mass is 15.2. The van der Waals surface area contributed by atoms with Gasteiger partial charge in [-0.2, -0.15) is 0 Å². The quantitative estimate of drug-likeness (QED) is 0.488. The summed E-state index contributed by atoms with van der Waals surface area (Å²) in [6.45, 7) is 7.46. The second-order valence-electron chi connectivity index (χ2n) is 2.01. The van der Waals surface area contributed by atoms with Crippen LogP contribution in [-0.4, -0.2) is 30.4 Å². The highest BCUT2D eigenvalue weighted by Crippen LogP contribution is 1.98. The predicted octanol–water partition coefficient (Wildman–Crippen LogP) is 0.740. The molecule has 0 aliphatic carbocycles. The fourth-order valence-electron chi connectivity index (χ4n) is 0.981. The molecule has 46 valence electrons. The smallest absolute Gasteiger partial charge is 0.0958 e. The van der Waals surface area contributed by atoms with Gasteiger partial charge in [-0.05, 0) is 13.8 Å². The molecule has 0 saturated heterocycles. The third-order valence-corrected chi connectivity index (χ3v) is 1.55. The first kappa shape index (κ1) is 5.60. The Morgan fingerprint density at radius 1 is 1.75 bits per heavy atom. The average Bonchev–Trinajstić information content (AvgIpc) is 2.14. The molecule has 0 unspecified atom stereocenters. The lowest BCUT2D eigenvalue weighted by atomic mass is 10.5. The number of likely N-dealkylation sites (N-methyl/N-ethyl adjacent to an activating group) is 1. The zero-order valence-electron chi connectivity index (χ0n) is 5.52. The summed E-state index contributed by atoms with van der Waals surface area (Å²) in [6.07, 6.45) is 0. The van der Waals surface area contributed by atoms with Crippen molar-refractivity contribution in [3.63, 3.8) is 0 Å². The summed E-state index contributed by atoms with van der Waals surface area (Å²) in [4.78, 5) is 6.51. The molecular weight excluding hydrogens is 100 g/mol. The SMILES string of the molecule is CCN1CCN=C1C.